The van der Waals surface area contributed by atoms with Crippen LogP contribution < -0.4 is 5.32 Å². The molecule has 1 N–H and O–H groups in total. The first-order valence-electron chi connectivity index (χ1n) is 8.62. The Labute approximate surface area is 168 Å². The van der Waals surface area contributed by atoms with Gasteiger partial charge < -0.3 is 14.8 Å². The molecule has 7 heteroatoms. The van der Waals surface area contributed by atoms with E-state index in [2.05, 4.69) is 10.3 Å². The molecule has 0 aliphatic rings. The van der Waals surface area contributed by atoms with Gasteiger partial charge in [-0.1, -0.05) is 47.5 Å². The van der Waals surface area contributed by atoms with E-state index in [1.807, 2.05) is 47.2 Å². The van der Waals surface area contributed by atoms with Crippen molar-refractivity contribution >= 4 is 34.9 Å². The van der Waals surface area contributed by atoms with E-state index in [0.717, 1.165) is 24.2 Å². The smallest absolute Gasteiger partial charge is 0.322 e. The fraction of sp³-hybridized carbons (Fsp3) is 0.200. The van der Waals surface area contributed by atoms with Gasteiger partial charge in [-0.15, -0.1) is 0 Å². The minimum atomic E-state index is -0.155. The topological polar surface area (TPSA) is 50.2 Å². The summed E-state index contributed by atoms with van der Waals surface area (Å²) < 4.78 is 1.99. The Morgan fingerprint density at radius 1 is 1.11 bits per heavy atom. The van der Waals surface area contributed by atoms with Crippen molar-refractivity contribution in [2.75, 3.05) is 11.9 Å². The van der Waals surface area contributed by atoms with Gasteiger partial charge in [-0.3, -0.25) is 0 Å². The van der Waals surface area contributed by atoms with Crippen LogP contribution in [0.2, 0.25) is 10.0 Å². The molecule has 0 radical (unpaired) electrons. The number of carbonyl (C=O) groups is 1. The van der Waals surface area contributed by atoms with Crippen LogP contribution in [-0.4, -0.2) is 27.0 Å². The van der Waals surface area contributed by atoms with Crippen LogP contribution in [0.4, 0.5) is 10.5 Å². The van der Waals surface area contributed by atoms with Gasteiger partial charge in [0.15, 0.2) is 0 Å². The molecule has 0 saturated heterocycles. The first kappa shape index (κ1) is 19.3. The number of halogens is 2. The molecular weight excluding hydrogens is 383 g/mol. The van der Waals surface area contributed by atoms with E-state index < -0.39 is 0 Å². The van der Waals surface area contributed by atoms with Gasteiger partial charge >= 0.3 is 6.03 Å². The standard InChI is InChI=1S/C20H20Cl2N4O/c21-18-8-7-16(13-19(18)22)14-26(11-4-10-25-12-9-23-15-25)20(27)24-17-5-2-1-3-6-17/h1-3,5-9,12-13,15H,4,10-11,14H2,(H,24,27). The third-order valence-electron chi connectivity index (χ3n) is 4.07. The number of amides is 2. The monoisotopic (exact) mass is 402 g/mol. The van der Waals surface area contributed by atoms with Gasteiger partial charge in [0.25, 0.3) is 0 Å². The Morgan fingerprint density at radius 2 is 1.93 bits per heavy atom. The number of rotatable bonds is 7. The van der Waals surface area contributed by atoms with Crippen molar-refractivity contribution in [1.29, 1.82) is 0 Å². The number of hydrogen-bond acceptors (Lipinski definition) is 2. The van der Waals surface area contributed by atoms with E-state index in [9.17, 15) is 4.79 Å². The number of para-hydroxylation sites is 1. The van der Waals surface area contributed by atoms with Crippen LogP contribution in [0, 0.1) is 0 Å². The first-order chi connectivity index (χ1) is 13.1. The van der Waals surface area contributed by atoms with Gasteiger partial charge in [0, 0.05) is 37.7 Å². The Hall–Kier alpha value is -2.50. The maximum absolute atomic E-state index is 12.8. The van der Waals surface area contributed by atoms with Crippen LogP contribution in [-0.2, 0) is 13.1 Å². The summed E-state index contributed by atoms with van der Waals surface area (Å²) in [6.07, 6.45) is 6.23. The van der Waals surface area contributed by atoms with Crippen molar-refractivity contribution in [3.63, 3.8) is 0 Å². The fourth-order valence-corrected chi connectivity index (χ4v) is 3.02. The van der Waals surface area contributed by atoms with E-state index in [0.29, 0.717) is 23.1 Å². The number of nitrogens with zero attached hydrogens (tertiary/aromatic N) is 3. The van der Waals surface area contributed by atoms with Crippen LogP contribution in [0.25, 0.3) is 0 Å². The molecule has 0 fully saturated rings. The molecule has 140 valence electrons. The number of aromatic nitrogens is 2. The van der Waals surface area contributed by atoms with Crippen molar-refractivity contribution in [3.05, 3.63) is 82.9 Å². The highest BCUT2D eigenvalue weighted by atomic mass is 35.5. The molecule has 0 bridgehead atoms. The van der Waals surface area contributed by atoms with E-state index >= 15 is 0 Å². The SMILES string of the molecule is O=C(Nc1ccccc1)N(CCCn1ccnc1)Cc1ccc(Cl)c(Cl)c1. The predicted octanol–water partition coefficient (Wildman–Crippen LogP) is 5.31. The molecule has 0 aliphatic carbocycles. The lowest BCUT2D eigenvalue weighted by Gasteiger charge is -2.23. The zero-order chi connectivity index (χ0) is 19.1. The lowest BCUT2D eigenvalue weighted by molar-refractivity contribution is 0.207. The van der Waals surface area contributed by atoms with Crippen molar-refractivity contribution in [3.8, 4) is 0 Å². The zero-order valence-corrected chi connectivity index (χ0v) is 16.2. The van der Waals surface area contributed by atoms with E-state index in [4.69, 9.17) is 23.2 Å². The van der Waals surface area contributed by atoms with Crippen molar-refractivity contribution < 1.29 is 4.79 Å². The number of carbonyl (C=O) groups excluding carboxylic acids is 1. The van der Waals surface area contributed by atoms with Gasteiger partial charge in [-0.2, -0.15) is 0 Å². The third kappa shape index (κ3) is 5.74. The zero-order valence-electron chi connectivity index (χ0n) is 14.7. The Morgan fingerprint density at radius 3 is 2.63 bits per heavy atom. The second kappa shape index (κ2) is 9.44. The Bertz CT molecular complexity index is 869. The van der Waals surface area contributed by atoms with E-state index in [-0.39, 0.29) is 6.03 Å². The molecule has 1 heterocycles. The predicted molar refractivity (Wildman–Crippen MR) is 109 cm³/mol. The molecule has 0 unspecified atom stereocenters. The van der Waals surface area contributed by atoms with E-state index in [1.54, 1.807) is 29.6 Å². The summed E-state index contributed by atoms with van der Waals surface area (Å²) in [7, 11) is 0. The molecule has 2 aromatic carbocycles. The van der Waals surface area contributed by atoms with Gasteiger partial charge in [0.05, 0.1) is 16.4 Å². The molecular formula is C20H20Cl2N4O. The lowest BCUT2D eigenvalue weighted by Crippen LogP contribution is -2.35. The molecule has 1 aromatic heterocycles. The maximum atomic E-state index is 12.8. The largest absolute Gasteiger partial charge is 0.337 e. The summed E-state index contributed by atoms with van der Waals surface area (Å²) in [6, 6.07) is 14.7. The number of anilines is 1. The third-order valence-corrected chi connectivity index (χ3v) is 4.81. The van der Waals surface area contributed by atoms with Gasteiger partial charge in [0.1, 0.15) is 0 Å². The van der Waals surface area contributed by atoms with Crippen LogP contribution in [0.3, 0.4) is 0 Å². The summed E-state index contributed by atoms with van der Waals surface area (Å²) in [6.45, 7) is 1.83. The highest BCUT2D eigenvalue weighted by Crippen LogP contribution is 2.23. The summed E-state index contributed by atoms with van der Waals surface area (Å²) >= 11 is 12.1. The van der Waals surface area contributed by atoms with Crippen molar-refractivity contribution in [2.45, 2.75) is 19.5 Å². The van der Waals surface area contributed by atoms with Crippen LogP contribution in [0.1, 0.15) is 12.0 Å². The second-order valence-electron chi connectivity index (χ2n) is 6.12. The van der Waals surface area contributed by atoms with Crippen LogP contribution >= 0.6 is 23.2 Å². The van der Waals surface area contributed by atoms with Gasteiger partial charge in [-0.25, -0.2) is 9.78 Å². The molecule has 0 saturated carbocycles. The summed E-state index contributed by atoms with van der Waals surface area (Å²) in [5.41, 5.74) is 1.69. The summed E-state index contributed by atoms with van der Waals surface area (Å²) in [5.74, 6) is 0. The molecule has 3 aromatic rings. The Kier molecular flexibility index (Phi) is 6.74. The minimum Gasteiger partial charge on any atom is -0.337 e. The van der Waals surface area contributed by atoms with Crippen LogP contribution in [0.5, 0.6) is 0 Å². The highest BCUT2D eigenvalue weighted by Gasteiger charge is 2.15. The average molecular weight is 403 g/mol. The number of nitrogens with one attached hydrogen (secondary N) is 1. The number of hydrogen-bond donors (Lipinski definition) is 1. The van der Waals surface area contributed by atoms with Gasteiger partial charge in [0.2, 0.25) is 0 Å². The molecule has 2 amide bonds. The Balaban J connectivity index is 1.68. The maximum Gasteiger partial charge on any atom is 0.322 e. The normalized spacial score (nSPS) is 10.6. The van der Waals surface area contributed by atoms with Crippen molar-refractivity contribution in [1.82, 2.24) is 14.5 Å². The molecule has 0 aliphatic heterocycles. The number of urea groups is 1. The molecule has 0 atom stereocenters. The lowest BCUT2D eigenvalue weighted by atomic mass is 10.2. The van der Waals surface area contributed by atoms with E-state index in [1.165, 1.54) is 0 Å². The summed E-state index contributed by atoms with van der Waals surface area (Å²) in [4.78, 5) is 18.6. The molecule has 3 rings (SSSR count). The quantitative estimate of drug-likeness (QED) is 0.581. The molecule has 5 nitrogen and oxygen atoms in total. The minimum absolute atomic E-state index is 0.155. The van der Waals surface area contributed by atoms with Crippen LogP contribution in [0.15, 0.2) is 67.3 Å². The average Bonchev–Trinajstić information content (AvgIpc) is 3.18. The number of imidazole rings is 1. The summed E-state index contributed by atoms with van der Waals surface area (Å²) in [5, 5.41) is 3.92. The highest BCUT2D eigenvalue weighted by molar-refractivity contribution is 6.42. The molecule has 27 heavy (non-hydrogen) atoms. The van der Waals surface area contributed by atoms with Crippen molar-refractivity contribution in [2.24, 2.45) is 0 Å². The first-order valence-corrected chi connectivity index (χ1v) is 9.38. The molecule has 0 spiro atoms. The second-order valence-corrected chi connectivity index (χ2v) is 6.93. The fourth-order valence-electron chi connectivity index (χ4n) is 2.70. The number of benzene rings is 2. The number of aryl methyl sites for hydroxylation is 1. The van der Waals surface area contributed by atoms with Gasteiger partial charge in [-0.05, 0) is 36.2 Å².